The molecule has 3 aromatic heterocycles. The molecule has 2 aliphatic heterocycles. The van der Waals surface area contributed by atoms with E-state index < -0.39 is 17.8 Å². The third-order valence-electron chi connectivity index (χ3n) is 8.36. The molecular formula is C31H31ClF3N9O3. The lowest BCUT2D eigenvalue weighted by Gasteiger charge is -2.37. The molecule has 4 aromatic rings. The van der Waals surface area contributed by atoms with Gasteiger partial charge in [0, 0.05) is 57.2 Å². The first-order valence-corrected chi connectivity index (χ1v) is 15.4. The van der Waals surface area contributed by atoms with Gasteiger partial charge < -0.3 is 25.0 Å². The lowest BCUT2D eigenvalue weighted by Crippen LogP contribution is -2.52. The third kappa shape index (κ3) is 6.72. The van der Waals surface area contributed by atoms with Crippen molar-refractivity contribution in [2.75, 3.05) is 44.6 Å². The van der Waals surface area contributed by atoms with E-state index in [1.807, 2.05) is 4.90 Å². The smallest absolute Gasteiger partial charge is 0.339 e. The quantitative estimate of drug-likeness (QED) is 0.319. The van der Waals surface area contributed by atoms with E-state index in [1.54, 1.807) is 17.0 Å². The van der Waals surface area contributed by atoms with Crippen molar-refractivity contribution in [1.29, 1.82) is 0 Å². The van der Waals surface area contributed by atoms with Crippen molar-refractivity contribution >= 4 is 35.0 Å². The molecule has 2 saturated heterocycles. The number of anilines is 1. The van der Waals surface area contributed by atoms with E-state index in [-0.39, 0.29) is 56.9 Å². The molecule has 16 heteroatoms. The summed E-state index contributed by atoms with van der Waals surface area (Å²) in [5.41, 5.74) is -0.912. The predicted molar refractivity (Wildman–Crippen MR) is 166 cm³/mol. The van der Waals surface area contributed by atoms with Gasteiger partial charge in [0.05, 0.1) is 28.0 Å². The van der Waals surface area contributed by atoms with Crippen molar-refractivity contribution in [3.8, 4) is 17.1 Å². The molecule has 0 spiro atoms. The summed E-state index contributed by atoms with van der Waals surface area (Å²) in [5, 5.41) is 9.72. The minimum absolute atomic E-state index is 0.0150. The highest BCUT2D eigenvalue weighted by atomic mass is 35.5. The second kappa shape index (κ2) is 13.2. The van der Waals surface area contributed by atoms with Crippen molar-refractivity contribution in [3.05, 3.63) is 77.1 Å². The van der Waals surface area contributed by atoms with Crippen LogP contribution in [0.4, 0.5) is 18.9 Å². The molecule has 6 rings (SSSR count). The Morgan fingerprint density at radius 2 is 1.72 bits per heavy atom. The number of nitrogens with one attached hydrogen (secondary N) is 2. The first-order chi connectivity index (χ1) is 22.5. The number of carbonyl (C=O) groups is 3. The molecule has 12 nitrogen and oxygen atoms in total. The number of hydrogen-bond donors (Lipinski definition) is 2. The number of nitrogens with zero attached hydrogens (tertiary/aromatic N) is 7. The SMILES string of the molecule is Cn1c(-c2cn(-c3ccccn3)nc2C(F)(F)F)cnc1C(=O)Nc1ccc(C(=O)N2CCN(C(=O)C3CCNCC3)CC2)c(Cl)c1. The molecule has 3 amide bonds. The Morgan fingerprint density at radius 1 is 1.00 bits per heavy atom. The molecule has 5 heterocycles. The van der Waals surface area contributed by atoms with Gasteiger partial charge in [-0.25, -0.2) is 14.6 Å². The average Bonchev–Trinajstić information content (AvgIpc) is 3.69. The van der Waals surface area contributed by atoms with E-state index >= 15 is 0 Å². The zero-order valence-electron chi connectivity index (χ0n) is 25.3. The number of carbonyl (C=O) groups excluding carboxylic acids is 3. The predicted octanol–water partition coefficient (Wildman–Crippen LogP) is 3.88. The average molecular weight is 670 g/mol. The molecule has 0 bridgehead atoms. The fourth-order valence-corrected chi connectivity index (χ4v) is 6.09. The van der Waals surface area contributed by atoms with E-state index in [0.717, 1.165) is 30.6 Å². The Hall–Kier alpha value is -4.76. The van der Waals surface area contributed by atoms with Gasteiger partial charge in [-0.3, -0.25) is 14.4 Å². The van der Waals surface area contributed by atoms with Crippen molar-refractivity contribution in [2.24, 2.45) is 13.0 Å². The van der Waals surface area contributed by atoms with E-state index in [4.69, 9.17) is 11.6 Å². The van der Waals surface area contributed by atoms with Crippen LogP contribution in [0, 0.1) is 5.92 Å². The molecule has 246 valence electrons. The molecular weight excluding hydrogens is 639 g/mol. The van der Waals surface area contributed by atoms with Crippen LogP contribution in [-0.4, -0.2) is 91.1 Å². The van der Waals surface area contributed by atoms with Crippen LogP contribution >= 0.6 is 11.6 Å². The molecule has 0 unspecified atom stereocenters. The normalized spacial score (nSPS) is 15.9. The maximum absolute atomic E-state index is 14.0. The molecule has 0 atom stereocenters. The van der Waals surface area contributed by atoms with E-state index in [0.29, 0.717) is 26.2 Å². The Bertz CT molecular complexity index is 1790. The van der Waals surface area contributed by atoms with Crippen LogP contribution in [0.15, 0.2) is 55.0 Å². The molecule has 0 aliphatic carbocycles. The second-order valence-electron chi connectivity index (χ2n) is 11.3. The number of halogens is 4. The van der Waals surface area contributed by atoms with Gasteiger partial charge >= 0.3 is 6.18 Å². The maximum Gasteiger partial charge on any atom is 0.435 e. The number of pyridine rings is 1. The van der Waals surface area contributed by atoms with Gasteiger partial charge in [-0.1, -0.05) is 17.7 Å². The highest BCUT2D eigenvalue weighted by Crippen LogP contribution is 2.37. The maximum atomic E-state index is 14.0. The molecule has 0 radical (unpaired) electrons. The van der Waals surface area contributed by atoms with Gasteiger partial charge in [-0.2, -0.15) is 18.3 Å². The number of benzene rings is 1. The first kappa shape index (κ1) is 32.2. The number of aromatic nitrogens is 5. The second-order valence-corrected chi connectivity index (χ2v) is 11.7. The largest absolute Gasteiger partial charge is 0.435 e. The lowest BCUT2D eigenvalue weighted by atomic mass is 9.96. The number of piperidine rings is 1. The summed E-state index contributed by atoms with van der Waals surface area (Å²) in [5.74, 6) is -0.810. The lowest BCUT2D eigenvalue weighted by molar-refractivity contribution is -0.141. The van der Waals surface area contributed by atoms with Crippen LogP contribution in [0.5, 0.6) is 0 Å². The van der Waals surface area contributed by atoms with Gasteiger partial charge in [0.2, 0.25) is 5.91 Å². The highest BCUT2D eigenvalue weighted by molar-refractivity contribution is 6.34. The number of imidazole rings is 1. The number of rotatable bonds is 6. The van der Waals surface area contributed by atoms with Gasteiger partial charge in [-0.05, 0) is 56.3 Å². The van der Waals surface area contributed by atoms with Crippen molar-refractivity contribution in [2.45, 2.75) is 19.0 Å². The molecule has 2 fully saturated rings. The van der Waals surface area contributed by atoms with Crippen molar-refractivity contribution in [1.82, 2.24) is 39.4 Å². The summed E-state index contributed by atoms with van der Waals surface area (Å²) in [6.45, 7) is 3.30. The summed E-state index contributed by atoms with van der Waals surface area (Å²) < 4.78 is 44.1. The minimum atomic E-state index is -4.78. The van der Waals surface area contributed by atoms with Gasteiger partial charge in [0.15, 0.2) is 17.3 Å². The number of amides is 3. The zero-order valence-corrected chi connectivity index (χ0v) is 26.1. The zero-order chi connectivity index (χ0) is 33.3. The Morgan fingerprint density at radius 3 is 2.38 bits per heavy atom. The van der Waals surface area contributed by atoms with Crippen LogP contribution in [0.3, 0.4) is 0 Å². The summed E-state index contributed by atoms with van der Waals surface area (Å²) in [4.78, 5) is 50.9. The number of alkyl halides is 3. The fraction of sp³-hybridized carbons (Fsp3) is 0.355. The Kier molecular flexibility index (Phi) is 9.01. The summed E-state index contributed by atoms with van der Waals surface area (Å²) in [6.07, 6.45) is 0.635. The Balaban J connectivity index is 1.13. The van der Waals surface area contributed by atoms with Gasteiger partial charge in [0.25, 0.3) is 11.8 Å². The van der Waals surface area contributed by atoms with Crippen LogP contribution in [0.25, 0.3) is 17.1 Å². The van der Waals surface area contributed by atoms with E-state index in [1.165, 1.54) is 54.5 Å². The van der Waals surface area contributed by atoms with Gasteiger partial charge in [-0.15, -0.1) is 0 Å². The number of piperazine rings is 1. The topological polar surface area (TPSA) is 130 Å². The molecule has 1 aromatic carbocycles. The summed E-state index contributed by atoms with van der Waals surface area (Å²) in [6, 6.07) is 9.20. The molecule has 2 aliphatic rings. The fourth-order valence-electron chi connectivity index (χ4n) is 5.83. The van der Waals surface area contributed by atoms with E-state index in [9.17, 15) is 27.6 Å². The minimum Gasteiger partial charge on any atom is -0.339 e. The molecule has 2 N–H and O–H groups in total. The van der Waals surface area contributed by atoms with Crippen molar-refractivity contribution < 1.29 is 27.6 Å². The standard InChI is InChI=1S/C31H31ClF3N9O3/c1-41-24(22-18-44(25-4-2-3-9-37-25)40-26(22)31(33,34)35)17-38-27(41)28(45)39-20-5-6-21(23(32)16-20)30(47)43-14-12-42(13-15-43)29(46)19-7-10-36-11-8-19/h2-6,9,16-19,36H,7-8,10-15H2,1H3,(H,39,45). The Labute approximate surface area is 272 Å². The van der Waals surface area contributed by atoms with Crippen LogP contribution in [-0.2, 0) is 18.0 Å². The van der Waals surface area contributed by atoms with Crippen LogP contribution in [0.2, 0.25) is 5.02 Å². The van der Waals surface area contributed by atoms with E-state index in [2.05, 4.69) is 25.7 Å². The van der Waals surface area contributed by atoms with Gasteiger partial charge in [0.1, 0.15) is 0 Å². The highest BCUT2D eigenvalue weighted by Gasteiger charge is 2.39. The summed E-state index contributed by atoms with van der Waals surface area (Å²) >= 11 is 6.47. The number of hydrogen-bond acceptors (Lipinski definition) is 7. The van der Waals surface area contributed by atoms with Crippen molar-refractivity contribution in [3.63, 3.8) is 0 Å². The molecule has 47 heavy (non-hydrogen) atoms. The third-order valence-corrected chi connectivity index (χ3v) is 8.67. The molecule has 0 saturated carbocycles. The monoisotopic (exact) mass is 669 g/mol. The van der Waals surface area contributed by atoms with Crippen LogP contribution in [0.1, 0.15) is 39.5 Å². The van der Waals surface area contributed by atoms with Crippen LogP contribution < -0.4 is 10.6 Å². The first-order valence-electron chi connectivity index (χ1n) is 15.0. The summed E-state index contributed by atoms with van der Waals surface area (Å²) in [7, 11) is 1.42.